The van der Waals surface area contributed by atoms with Gasteiger partial charge in [0.2, 0.25) is 0 Å². The molecule has 1 unspecified atom stereocenters. The molecule has 1 aliphatic heterocycles. The van der Waals surface area contributed by atoms with Crippen molar-refractivity contribution >= 4 is 58.5 Å². The average molecular weight is 637 g/mol. The number of aromatic nitrogens is 1. The Labute approximate surface area is 258 Å². The summed E-state index contributed by atoms with van der Waals surface area (Å²) in [6, 6.07) is 21.9. The molecule has 5 aromatic rings. The third-order valence-electron chi connectivity index (χ3n) is 7.47. The monoisotopic (exact) mass is 636 g/mol. The lowest BCUT2D eigenvalue weighted by molar-refractivity contribution is 0.0683. The molecule has 0 saturated carbocycles. The molecule has 0 amide bonds. The van der Waals surface area contributed by atoms with Crippen molar-refractivity contribution in [3.05, 3.63) is 88.9 Å². The zero-order valence-electron chi connectivity index (χ0n) is 23.4. The second-order valence-electron chi connectivity index (χ2n) is 10.3. The van der Waals surface area contributed by atoms with E-state index < -0.39 is 13.5 Å². The third kappa shape index (κ3) is 6.14. The van der Waals surface area contributed by atoms with E-state index in [1.165, 1.54) is 0 Å². The maximum absolute atomic E-state index is 14.9. The van der Waals surface area contributed by atoms with E-state index in [1.807, 2.05) is 48.5 Å². The second kappa shape index (κ2) is 12.6. The van der Waals surface area contributed by atoms with Crippen molar-refractivity contribution in [1.29, 1.82) is 0 Å². The lowest BCUT2D eigenvalue weighted by atomic mass is 10.0. The minimum atomic E-state index is -3.74. The predicted molar refractivity (Wildman–Crippen MR) is 171 cm³/mol. The van der Waals surface area contributed by atoms with Crippen molar-refractivity contribution in [2.45, 2.75) is 19.8 Å². The fourth-order valence-electron chi connectivity index (χ4n) is 5.29. The van der Waals surface area contributed by atoms with Gasteiger partial charge in [0.05, 0.1) is 17.6 Å². The number of fused-ring (bicyclic) bond motifs is 1. The molecular formula is C32H30ClN2O6PS. The highest BCUT2D eigenvalue weighted by Gasteiger charge is 2.39. The molecule has 1 aliphatic rings. The van der Waals surface area contributed by atoms with Crippen LogP contribution in [-0.4, -0.2) is 42.4 Å². The summed E-state index contributed by atoms with van der Waals surface area (Å²) in [4.78, 5) is 17.8. The Morgan fingerprint density at radius 1 is 1.09 bits per heavy atom. The molecule has 2 aromatic carbocycles. The van der Waals surface area contributed by atoms with Crippen molar-refractivity contribution in [2.75, 3.05) is 31.0 Å². The van der Waals surface area contributed by atoms with E-state index in [0.717, 1.165) is 45.7 Å². The lowest BCUT2D eigenvalue weighted by Crippen LogP contribution is -2.34. The molecule has 43 heavy (non-hydrogen) atoms. The number of halogens is 1. The zero-order valence-corrected chi connectivity index (χ0v) is 25.9. The summed E-state index contributed by atoms with van der Waals surface area (Å²) in [6.45, 7) is 3.53. The maximum Gasteiger partial charge on any atom is 0.348 e. The second-order valence-corrected chi connectivity index (χ2v) is 14.0. The van der Waals surface area contributed by atoms with Crippen LogP contribution in [0, 0.1) is 5.92 Å². The van der Waals surface area contributed by atoms with Gasteiger partial charge in [-0.1, -0.05) is 35.9 Å². The van der Waals surface area contributed by atoms with Crippen LogP contribution in [0.4, 0.5) is 5.69 Å². The molecular weight excluding hydrogens is 607 g/mol. The lowest BCUT2D eigenvalue weighted by Gasteiger charge is -2.36. The first-order valence-electron chi connectivity index (χ1n) is 14.0. The summed E-state index contributed by atoms with van der Waals surface area (Å²) >= 11 is 7.31. The highest BCUT2D eigenvalue weighted by molar-refractivity contribution is 7.68. The normalized spacial score (nSPS) is 15.4. The van der Waals surface area contributed by atoms with E-state index in [4.69, 9.17) is 25.3 Å². The van der Waals surface area contributed by atoms with E-state index in [2.05, 4.69) is 4.98 Å². The summed E-state index contributed by atoms with van der Waals surface area (Å²) in [5.41, 5.74) is 3.57. The molecule has 0 radical (unpaired) electrons. The van der Waals surface area contributed by atoms with Crippen LogP contribution in [0.15, 0.2) is 83.4 Å². The highest BCUT2D eigenvalue weighted by Crippen LogP contribution is 2.55. The SMILES string of the molecule is CCOP(=O)(c1ccc(Cl)cc1)N(CC1CCOCC1)c1cc(-c2ccc(-c3cc4ncccc4o3)cc2)sc1C(=O)O. The predicted octanol–water partition coefficient (Wildman–Crippen LogP) is 8.36. The van der Waals surface area contributed by atoms with Gasteiger partial charge in [-0.05, 0) is 73.7 Å². The molecule has 6 rings (SSSR count). The number of anilines is 1. The third-order valence-corrected chi connectivity index (χ3v) is 11.5. The van der Waals surface area contributed by atoms with Gasteiger partial charge in [0.1, 0.15) is 16.2 Å². The van der Waals surface area contributed by atoms with Crippen LogP contribution in [0.5, 0.6) is 0 Å². The molecule has 1 N–H and O–H groups in total. The van der Waals surface area contributed by atoms with Gasteiger partial charge in [-0.2, -0.15) is 0 Å². The van der Waals surface area contributed by atoms with E-state index in [0.29, 0.717) is 47.1 Å². The first-order valence-corrected chi connectivity index (χ1v) is 16.8. The zero-order chi connectivity index (χ0) is 30.0. The van der Waals surface area contributed by atoms with Crippen LogP contribution in [0.1, 0.15) is 29.4 Å². The summed E-state index contributed by atoms with van der Waals surface area (Å²) in [5, 5.41) is 11.3. The number of carboxylic acids is 1. The number of benzene rings is 2. The van der Waals surface area contributed by atoms with E-state index in [1.54, 1.807) is 42.1 Å². The maximum atomic E-state index is 14.9. The van der Waals surface area contributed by atoms with Crippen LogP contribution in [0.3, 0.4) is 0 Å². The van der Waals surface area contributed by atoms with Crippen molar-refractivity contribution in [2.24, 2.45) is 5.92 Å². The van der Waals surface area contributed by atoms with Crippen molar-refractivity contribution in [1.82, 2.24) is 4.98 Å². The van der Waals surface area contributed by atoms with Gasteiger partial charge in [-0.25, -0.2) is 4.79 Å². The van der Waals surface area contributed by atoms with E-state index in [9.17, 15) is 14.5 Å². The summed E-state index contributed by atoms with van der Waals surface area (Å²) in [5.74, 6) is -0.243. The van der Waals surface area contributed by atoms with E-state index in [-0.39, 0.29) is 17.4 Å². The number of pyridine rings is 1. The molecule has 1 fully saturated rings. The summed E-state index contributed by atoms with van der Waals surface area (Å²) < 4.78 is 34.2. The fraction of sp³-hybridized carbons (Fsp3) is 0.250. The van der Waals surface area contributed by atoms with Gasteiger partial charge in [-0.15, -0.1) is 11.3 Å². The average Bonchev–Trinajstić information content (AvgIpc) is 3.66. The first kappa shape index (κ1) is 29.6. The van der Waals surface area contributed by atoms with Gasteiger partial charge >= 0.3 is 13.5 Å². The Balaban J connectivity index is 1.41. The molecule has 1 atom stereocenters. The Hall–Kier alpha value is -3.46. The van der Waals surface area contributed by atoms with Crippen molar-refractivity contribution in [3.8, 4) is 21.8 Å². The number of carboxylic acid groups (broad SMARTS) is 1. The van der Waals surface area contributed by atoms with Crippen LogP contribution in [-0.2, 0) is 13.8 Å². The first-order chi connectivity index (χ1) is 20.9. The number of thiophene rings is 1. The van der Waals surface area contributed by atoms with Gasteiger partial charge in [0.25, 0.3) is 0 Å². The molecule has 3 aromatic heterocycles. The topological polar surface area (TPSA) is 102 Å². The quantitative estimate of drug-likeness (QED) is 0.153. The number of nitrogens with zero attached hydrogens (tertiary/aromatic N) is 2. The van der Waals surface area contributed by atoms with Crippen molar-refractivity contribution < 1.29 is 28.1 Å². The molecule has 4 heterocycles. The number of hydrogen-bond donors (Lipinski definition) is 1. The number of furan rings is 1. The largest absolute Gasteiger partial charge is 0.477 e. The summed E-state index contributed by atoms with van der Waals surface area (Å²) in [7, 11) is -3.74. The molecule has 1 saturated heterocycles. The van der Waals surface area contributed by atoms with Crippen LogP contribution < -0.4 is 9.97 Å². The highest BCUT2D eigenvalue weighted by atomic mass is 35.5. The van der Waals surface area contributed by atoms with Crippen molar-refractivity contribution in [3.63, 3.8) is 0 Å². The van der Waals surface area contributed by atoms with Gasteiger partial charge in [0.15, 0.2) is 5.58 Å². The van der Waals surface area contributed by atoms with Crippen LogP contribution >= 0.6 is 30.5 Å². The Morgan fingerprint density at radius 2 is 1.81 bits per heavy atom. The molecule has 0 spiro atoms. The Morgan fingerprint density at radius 3 is 2.49 bits per heavy atom. The van der Waals surface area contributed by atoms with Gasteiger partial charge in [-0.3, -0.25) is 14.2 Å². The number of carbonyl (C=O) groups is 1. The molecule has 11 heteroatoms. The minimum absolute atomic E-state index is 0.100. The van der Waals surface area contributed by atoms with Gasteiger partial charge < -0.3 is 18.8 Å². The van der Waals surface area contributed by atoms with Crippen LogP contribution in [0.25, 0.3) is 32.9 Å². The number of rotatable bonds is 10. The Bertz CT molecular complexity index is 1750. The number of ether oxygens (including phenoxy) is 1. The standard InChI is InChI=1S/C32H30ClN2O6PS/c1-2-40-42(38,25-11-9-24(33)10-12-25)35(20-21-13-16-39-17-14-21)27-19-30(43-31(27)32(36)37)23-7-5-22(6-8-23)29-18-26-28(41-29)4-3-15-34-26/h3-12,15,18-19,21H,2,13-14,16-17,20H2,1H3,(H,36,37). The molecule has 8 nitrogen and oxygen atoms in total. The number of hydrogen-bond acceptors (Lipinski definition) is 7. The molecule has 0 bridgehead atoms. The van der Waals surface area contributed by atoms with Gasteiger partial charge in [0, 0.05) is 47.5 Å². The van der Waals surface area contributed by atoms with E-state index >= 15 is 0 Å². The molecule has 0 aliphatic carbocycles. The minimum Gasteiger partial charge on any atom is -0.477 e. The van der Waals surface area contributed by atoms with Crippen LogP contribution in [0.2, 0.25) is 5.02 Å². The molecule has 222 valence electrons. The summed E-state index contributed by atoms with van der Waals surface area (Å²) in [6.07, 6.45) is 3.28. The Kier molecular flexibility index (Phi) is 8.71. The fourth-order valence-corrected chi connectivity index (χ4v) is 8.82. The smallest absolute Gasteiger partial charge is 0.348 e. The number of aromatic carboxylic acids is 1.